The summed E-state index contributed by atoms with van der Waals surface area (Å²) in [5.41, 5.74) is 1.42. The van der Waals surface area contributed by atoms with Gasteiger partial charge in [-0.25, -0.2) is 0 Å². The fraction of sp³-hybridized carbons (Fsp3) is 0.556. The van der Waals surface area contributed by atoms with Gasteiger partial charge < -0.3 is 54.4 Å². The molecule has 2 aliphatic heterocycles. The van der Waals surface area contributed by atoms with Gasteiger partial charge in [-0.15, -0.1) is 0 Å². The summed E-state index contributed by atoms with van der Waals surface area (Å²) >= 11 is 0. The van der Waals surface area contributed by atoms with E-state index in [9.17, 15) is 30.6 Å². The summed E-state index contributed by atoms with van der Waals surface area (Å²) in [6.07, 6.45) is -11.8. The molecule has 2 saturated heterocycles. The third kappa shape index (κ3) is 7.63. The first-order chi connectivity index (χ1) is 18.8. The highest BCUT2D eigenvalue weighted by Crippen LogP contribution is 2.30. The lowest BCUT2D eigenvalue weighted by molar-refractivity contribution is -0.284. The zero-order chi connectivity index (χ0) is 27.9. The lowest BCUT2D eigenvalue weighted by Gasteiger charge is -2.40. The molecule has 6 N–H and O–H groups in total. The predicted octanol–water partition coefficient (Wildman–Crippen LogP) is -0.650. The van der Waals surface area contributed by atoms with Gasteiger partial charge in [0.15, 0.2) is 12.6 Å². The molecule has 0 bridgehead atoms. The molecule has 11 nitrogen and oxygen atoms in total. The highest BCUT2D eigenvalue weighted by Gasteiger charge is 2.41. The average molecular weight is 546 g/mol. The molecular formula is C27H37BNO10. The minimum atomic E-state index is -1.47. The van der Waals surface area contributed by atoms with Crippen LogP contribution in [-0.2, 0) is 18.9 Å². The van der Waals surface area contributed by atoms with Gasteiger partial charge in [-0.05, 0) is 0 Å². The van der Waals surface area contributed by atoms with Crippen LogP contribution in [0, 0.1) is 0 Å². The van der Waals surface area contributed by atoms with Crippen LogP contribution in [0.5, 0.6) is 0 Å². The molecule has 1 radical (unpaired) electrons. The van der Waals surface area contributed by atoms with Crippen molar-refractivity contribution < 1.29 is 49.6 Å². The molecule has 0 saturated carbocycles. The molecule has 0 spiro atoms. The first-order valence-corrected chi connectivity index (χ1v) is 13.0. The Kier molecular flexibility index (Phi) is 10.9. The number of ether oxygens (including phenoxy) is 4. The van der Waals surface area contributed by atoms with Crippen LogP contribution in [-0.4, -0.2) is 118 Å². The second-order valence-electron chi connectivity index (χ2n) is 9.82. The maximum Gasteiger partial charge on any atom is 0.205 e. The maximum atomic E-state index is 10.8. The topological polar surface area (TPSA) is 162 Å². The normalized spacial score (nSPS) is 30.9. The Balaban J connectivity index is 1.33. The van der Waals surface area contributed by atoms with Gasteiger partial charge in [0.25, 0.3) is 0 Å². The molecule has 2 fully saturated rings. The van der Waals surface area contributed by atoms with Crippen LogP contribution in [0.3, 0.4) is 0 Å². The molecule has 2 heterocycles. The van der Waals surface area contributed by atoms with E-state index in [1.165, 1.54) is 4.81 Å². The SMILES string of the molecule is C[B]N(CC(O)C(O)C1OC(c2ccccc2)OCC1O)CC(O)C(O)C1OC(c2ccccc2)OCC1O. The van der Waals surface area contributed by atoms with Crippen molar-refractivity contribution in [1.29, 1.82) is 0 Å². The van der Waals surface area contributed by atoms with Crippen LogP contribution in [0.4, 0.5) is 0 Å². The Hall–Kier alpha value is -1.94. The quantitative estimate of drug-likeness (QED) is 0.199. The van der Waals surface area contributed by atoms with Crippen molar-refractivity contribution in [1.82, 2.24) is 4.81 Å². The minimum absolute atomic E-state index is 0.0834. The van der Waals surface area contributed by atoms with Crippen molar-refractivity contribution in [3.05, 3.63) is 71.8 Å². The molecule has 10 atom stereocenters. The number of aliphatic hydroxyl groups excluding tert-OH is 6. The minimum Gasteiger partial charge on any atom is -0.389 e. The molecular weight excluding hydrogens is 509 g/mol. The van der Waals surface area contributed by atoms with Gasteiger partial charge in [-0.1, -0.05) is 67.5 Å². The second-order valence-corrected chi connectivity index (χ2v) is 9.82. The third-order valence-electron chi connectivity index (χ3n) is 6.97. The van der Waals surface area contributed by atoms with Crippen LogP contribution in [0.15, 0.2) is 60.7 Å². The van der Waals surface area contributed by atoms with Gasteiger partial charge in [0.05, 0.1) is 25.4 Å². The second kappa shape index (κ2) is 14.1. The monoisotopic (exact) mass is 546 g/mol. The highest BCUT2D eigenvalue weighted by atomic mass is 16.7. The average Bonchev–Trinajstić information content (AvgIpc) is 2.97. The van der Waals surface area contributed by atoms with Crippen LogP contribution < -0.4 is 0 Å². The van der Waals surface area contributed by atoms with E-state index in [4.69, 9.17) is 18.9 Å². The van der Waals surface area contributed by atoms with Crippen molar-refractivity contribution in [2.45, 2.75) is 68.2 Å². The number of benzene rings is 2. The molecule has 0 aromatic heterocycles. The van der Waals surface area contributed by atoms with Crippen molar-refractivity contribution in [2.75, 3.05) is 26.3 Å². The van der Waals surface area contributed by atoms with Gasteiger partial charge in [0.1, 0.15) is 36.6 Å². The van der Waals surface area contributed by atoms with Gasteiger partial charge in [-0.2, -0.15) is 0 Å². The summed E-state index contributed by atoms with van der Waals surface area (Å²) < 4.78 is 22.6. The van der Waals surface area contributed by atoms with Crippen LogP contribution in [0.2, 0.25) is 6.82 Å². The number of hydrogen-bond acceptors (Lipinski definition) is 11. The Bertz CT molecular complexity index is 914. The largest absolute Gasteiger partial charge is 0.389 e. The lowest BCUT2D eigenvalue weighted by atomic mass is 9.91. The van der Waals surface area contributed by atoms with Gasteiger partial charge >= 0.3 is 0 Å². The molecule has 12 heteroatoms. The van der Waals surface area contributed by atoms with Crippen LogP contribution in [0.25, 0.3) is 0 Å². The first-order valence-electron chi connectivity index (χ1n) is 13.0. The molecule has 4 rings (SSSR count). The Morgan fingerprint density at radius 2 is 1.10 bits per heavy atom. The van der Waals surface area contributed by atoms with Gasteiger partial charge in [0, 0.05) is 24.2 Å². The van der Waals surface area contributed by atoms with E-state index in [0.29, 0.717) is 11.1 Å². The fourth-order valence-electron chi connectivity index (χ4n) is 4.71. The zero-order valence-electron chi connectivity index (χ0n) is 21.7. The van der Waals surface area contributed by atoms with E-state index in [1.54, 1.807) is 38.5 Å². The number of nitrogens with zero attached hydrogens (tertiary/aromatic N) is 1. The summed E-state index contributed by atoms with van der Waals surface area (Å²) in [5.74, 6) is 0. The summed E-state index contributed by atoms with van der Waals surface area (Å²) in [6.45, 7) is 1.25. The molecule has 0 aliphatic carbocycles. The number of rotatable bonds is 11. The van der Waals surface area contributed by atoms with E-state index in [2.05, 4.69) is 0 Å². The molecule has 2 aliphatic rings. The van der Waals surface area contributed by atoms with Crippen LogP contribution in [0.1, 0.15) is 23.7 Å². The number of hydrogen-bond donors (Lipinski definition) is 6. The van der Waals surface area contributed by atoms with Crippen molar-refractivity contribution in [2.24, 2.45) is 0 Å². The lowest BCUT2D eigenvalue weighted by Crippen LogP contribution is -2.56. The summed E-state index contributed by atoms with van der Waals surface area (Å²) in [4.78, 5) is 1.52. The zero-order valence-corrected chi connectivity index (χ0v) is 21.7. The van der Waals surface area contributed by atoms with E-state index < -0.39 is 61.4 Å². The van der Waals surface area contributed by atoms with E-state index in [-0.39, 0.29) is 26.3 Å². The molecule has 10 unspecified atom stereocenters. The Labute approximate surface area is 228 Å². The highest BCUT2D eigenvalue weighted by molar-refractivity contribution is 6.29. The predicted molar refractivity (Wildman–Crippen MR) is 139 cm³/mol. The van der Waals surface area contributed by atoms with Crippen molar-refractivity contribution in [3.63, 3.8) is 0 Å². The third-order valence-corrected chi connectivity index (χ3v) is 6.97. The molecule has 39 heavy (non-hydrogen) atoms. The Morgan fingerprint density at radius 1 is 0.718 bits per heavy atom. The van der Waals surface area contributed by atoms with E-state index in [0.717, 1.165) is 0 Å². The maximum absolute atomic E-state index is 10.8. The summed E-state index contributed by atoms with van der Waals surface area (Å²) in [5, 5.41) is 64.0. The molecule has 2 aromatic carbocycles. The standard InChI is InChI=1S/C27H37BNO10/c1-28-29(12-18(30)22(34)24-20(32)14-36-26(38-24)16-8-4-2-5-9-16)13-19(31)23(35)25-21(33)15-37-27(39-25)17-10-6-3-7-11-17/h2-11,18-27,30-35H,12-15H2,1H3. The van der Waals surface area contributed by atoms with Crippen molar-refractivity contribution in [3.8, 4) is 0 Å². The Morgan fingerprint density at radius 3 is 1.46 bits per heavy atom. The number of aliphatic hydroxyl groups is 6. The smallest absolute Gasteiger partial charge is 0.205 e. The fourth-order valence-corrected chi connectivity index (χ4v) is 4.71. The van der Waals surface area contributed by atoms with Crippen molar-refractivity contribution >= 4 is 7.41 Å². The summed E-state index contributed by atoms with van der Waals surface area (Å²) in [6, 6.07) is 18.1. The molecule has 2 aromatic rings. The molecule has 213 valence electrons. The van der Waals surface area contributed by atoms with Crippen LogP contribution >= 0.6 is 0 Å². The van der Waals surface area contributed by atoms with E-state index in [1.807, 2.05) is 36.4 Å². The van der Waals surface area contributed by atoms with E-state index >= 15 is 0 Å². The molecule has 0 amide bonds. The van der Waals surface area contributed by atoms with Gasteiger partial charge in [-0.3, -0.25) is 0 Å². The summed E-state index contributed by atoms with van der Waals surface area (Å²) in [7, 11) is 1.59. The van der Waals surface area contributed by atoms with Gasteiger partial charge in [0.2, 0.25) is 7.41 Å². The first kappa shape index (κ1) is 30.0.